The second kappa shape index (κ2) is 9.00. The fourth-order valence-electron chi connectivity index (χ4n) is 3.57. The summed E-state index contributed by atoms with van der Waals surface area (Å²) in [4.78, 5) is 17.0. The Hall–Kier alpha value is -2.77. The Bertz CT molecular complexity index is 1210. The zero-order chi connectivity index (χ0) is 22.9. The first-order valence-electron chi connectivity index (χ1n) is 10.0. The minimum absolute atomic E-state index is 0.0458. The lowest BCUT2D eigenvalue weighted by atomic mass is 9.97. The number of hydrogen-bond donors (Lipinski definition) is 1. The molecule has 0 radical (unpaired) electrons. The number of rotatable bonds is 6. The summed E-state index contributed by atoms with van der Waals surface area (Å²) in [5, 5.41) is 15.2. The van der Waals surface area contributed by atoms with Gasteiger partial charge in [0.05, 0.1) is 5.69 Å². The van der Waals surface area contributed by atoms with Gasteiger partial charge < -0.3 is 9.88 Å². The molecule has 13 heteroatoms. The lowest BCUT2D eigenvalue weighted by molar-refractivity contribution is -0.120. The number of aryl methyl sites for hydroxylation is 2. The number of nitrogens with one attached hydrogen (secondary N) is 1. The zero-order valence-corrected chi connectivity index (χ0v) is 19.6. The van der Waals surface area contributed by atoms with E-state index in [4.69, 9.17) is 0 Å². The van der Waals surface area contributed by atoms with Crippen LogP contribution in [0, 0.1) is 12.8 Å². The van der Waals surface area contributed by atoms with Crippen molar-refractivity contribution in [3.8, 4) is 5.69 Å². The standard InChI is InChI=1S/C19H24N8O3S2/c1-13-20-17(12-25(13)2)32(29,30)26-9-7-14(8-10-26)18(28)21-15-5-4-6-16(11-15)27-19(31-3)22-23-24-27/h4-6,11-12,14H,7-10H2,1-3H3,(H,21,28). The fraction of sp³-hybridized carbons (Fsp3) is 0.421. The van der Waals surface area contributed by atoms with Gasteiger partial charge in [0.2, 0.25) is 11.1 Å². The number of carbonyl (C=O) groups is 1. The number of amides is 1. The van der Waals surface area contributed by atoms with E-state index in [1.807, 2.05) is 18.4 Å². The number of imidazole rings is 1. The Kier molecular flexibility index (Phi) is 6.31. The number of anilines is 1. The molecule has 3 aromatic rings. The predicted molar refractivity (Wildman–Crippen MR) is 119 cm³/mol. The molecule has 2 aromatic heterocycles. The van der Waals surface area contributed by atoms with Crippen molar-refractivity contribution in [2.24, 2.45) is 13.0 Å². The average Bonchev–Trinajstić information content (AvgIpc) is 3.40. The summed E-state index contributed by atoms with van der Waals surface area (Å²) in [6, 6.07) is 7.28. The van der Waals surface area contributed by atoms with E-state index in [1.54, 1.807) is 35.4 Å². The first-order chi connectivity index (χ1) is 15.3. The van der Waals surface area contributed by atoms with E-state index in [9.17, 15) is 13.2 Å². The van der Waals surface area contributed by atoms with Crippen LogP contribution in [0.4, 0.5) is 5.69 Å². The normalized spacial score (nSPS) is 15.7. The number of piperidine rings is 1. The van der Waals surface area contributed by atoms with Gasteiger partial charge in [-0.25, -0.2) is 13.4 Å². The maximum Gasteiger partial charge on any atom is 0.262 e. The molecule has 0 saturated carbocycles. The van der Waals surface area contributed by atoms with Crippen molar-refractivity contribution in [3.63, 3.8) is 0 Å². The van der Waals surface area contributed by atoms with Crippen LogP contribution in [0.3, 0.4) is 0 Å². The van der Waals surface area contributed by atoms with Gasteiger partial charge in [-0.1, -0.05) is 17.8 Å². The van der Waals surface area contributed by atoms with E-state index < -0.39 is 10.0 Å². The van der Waals surface area contributed by atoms with Crippen molar-refractivity contribution >= 4 is 33.4 Å². The van der Waals surface area contributed by atoms with Crippen LogP contribution in [0.1, 0.15) is 18.7 Å². The topological polar surface area (TPSA) is 128 Å². The second-order valence-electron chi connectivity index (χ2n) is 7.53. The number of aromatic nitrogens is 6. The molecule has 1 aliphatic heterocycles. The molecule has 1 fully saturated rings. The second-order valence-corrected chi connectivity index (χ2v) is 10.2. The molecule has 0 atom stereocenters. The third-order valence-corrected chi connectivity index (χ3v) is 7.89. The monoisotopic (exact) mass is 476 g/mol. The summed E-state index contributed by atoms with van der Waals surface area (Å²) in [5.74, 6) is 0.228. The van der Waals surface area contributed by atoms with Gasteiger partial charge >= 0.3 is 0 Å². The van der Waals surface area contributed by atoms with Crippen molar-refractivity contribution in [2.75, 3.05) is 24.7 Å². The highest BCUT2D eigenvalue weighted by Gasteiger charge is 2.33. The first-order valence-corrected chi connectivity index (χ1v) is 12.7. The van der Waals surface area contributed by atoms with Crippen LogP contribution in [-0.2, 0) is 21.9 Å². The van der Waals surface area contributed by atoms with Crippen molar-refractivity contribution in [3.05, 3.63) is 36.3 Å². The van der Waals surface area contributed by atoms with Crippen molar-refractivity contribution in [2.45, 2.75) is 29.9 Å². The molecule has 32 heavy (non-hydrogen) atoms. The molecule has 170 valence electrons. The highest BCUT2D eigenvalue weighted by Crippen LogP contribution is 2.25. The van der Waals surface area contributed by atoms with Gasteiger partial charge in [0.25, 0.3) is 10.0 Å². The molecule has 1 aliphatic rings. The van der Waals surface area contributed by atoms with Gasteiger partial charge in [-0.15, -0.1) is 5.10 Å². The average molecular weight is 477 g/mol. The number of benzene rings is 1. The van der Waals surface area contributed by atoms with Crippen LogP contribution in [-0.4, -0.2) is 67.7 Å². The lowest BCUT2D eigenvalue weighted by Crippen LogP contribution is -2.41. The summed E-state index contributed by atoms with van der Waals surface area (Å²) in [6.45, 7) is 2.31. The van der Waals surface area contributed by atoms with E-state index in [0.29, 0.717) is 29.5 Å². The number of nitrogens with zero attached hydrogens (tertiary/aromatic N) is 7. The smallest absolute Gasteiger partial charge is 0.262 e. The maximum atomic E-state index is 12.9. The largest absolute Gasteiger partial charge is 0.337 e. The Morgan fingerprint density at radius 2 is 2.00 bits per heavy atom. The van der Waals surface area contributed by atoms with Crippen LogP contribution in [0.5, 0.6) is 0 Å². The van der Waals surface area contributed by atoms with Crippen molar-refractivity contribution in [1.82, 2.24) is 34.1 Å². The minimum atomic E-state index is -3.66. The summed E-state index contributed by atoms with van der Waals surface area (Å²) in [7, 11) is -1.90. The zero-order valence-electron chi connectivity index (χ0n) is 18.0. The van der Waals surface area contributed by atoms with Gasteiger partial charge in [0.1, 0.15) is 5.82 Å². The van der Waals surface area contributed by atoms with E-state index in [2.05, 4.69) is 25.8 Å². The molecule has 1 N–H and O–H groups in total. The minimum Gasteiger partial charge on any atom is -0.337 e. The van der Waals surface area contributed by atoms with E-state index in [0.717, 1.165) is 5.69 Å². The highest BCUT2D eigenvalue weighted by molar-refractivity contribution is 7.98. The van der Waals surface area contributed by atoms with E-state index >= 15 is 0 Å². The summed E-state index contributed by atoms with van der Waals surface area (Å²) < 4.78 is 30.4. The predicted octanol–water partition coefficient (Wildman–Crippen LogP) is 1.47. The number of hydrogen-bond acceptors (Lipinski definition) is 8. The van der Waals surface area contributed by atoms with Crippen molar-refractivity contribution in [1.29, 1.82) is 0 Å². The molecule has 0 unspecified atom stereocenters. The lowest BCUT2D eigenvalue weighted by Gasteiger charge is -2.30. The molecule has 4 rings (SSSR count). The number of thioether (sulfide) groups is 1. The first kappa shape index (κ1) is 22.4. The SMILES string of the molecule is CSc1nnnn1-c1cccc(NC(=O)C2CCN(S(=O)(=O)c3cn(C)c(C)n3)CC2)c1. The number of carbonyl (C=O) groups excluding carboxylic acids is 1. The molecule has 1 aromatic carbocycles. The van der Waals surface area contributed by atoms with E-state index in [1.165, 1.54) is 22.3 Å². The van der Waals surface area contributed by atoms with Crippen LogP contribution >= 0.6 is 11.8 Å². The van der Waals surface area contributed by atoms with Gasteiger partial charge in [-0.3, -0.25) is 4.79 Å². The molecule has 1 amide bonds. The third-order valence-electron chi connectivity index (χ3n) is 5.50. The van der Waals surface area contributed by atoms with Gasteiger partial charge in [0, 0.05) is 37.9 Å². The quantitative estimate of drug-likeness (QED) is 0.530. The van der Waals surface area contributed by atoms with Crippen molar-refractivity contribution < 1.29 is 13.2 Å². The molecular formula is C19H24N8O3S2. The Labute approximate surface area is 190 Å². The van der Waals surface area contributed by atoms with Gasteiger partial charge in [-0.2, -0.15) is 8.99 Å². The fourth-order valence-corrected chi connectivity index (χ4v) is 5.50. The van der Waals surface area contributed by atoms with Gasteiger partial charge in [0.15, 0.2) is 5.03 Å². The Morgan fingerprint density at radius 1 is 1.25 bits per heavy atom. The third kappa shape index (κ3) is 4.40. The van der Waals surface area contributed by atoms with Crippen LogP contribution in [0.25, 0.3) is 5.69 Å². The highest BCUT2D eigenvalue weighted by atomic mass is 32.2. The van der Waals surface area contributed by atoms with Gasteiger partial charge in [-0.05, 0) is 54.6 Å². The molecule has 0 aliphatic carbocycles. The van der Waals surface area contributed by atoms with Crippen LogP contribution in [0.15, 0.2) is 40.6 Å². The number of sulfonamides is 1. The molecule has 3 heterocycles. The molecule has 0 spiro atoms. The molecule has 1 saturated heterocycles. The molecular weight excluding hydrogens is 452 g/mol. The molecule has 11 nitrogen and oxygen atoms in total. The van der Waals surface area contributed by atoms with Crippen LogP contribution < -0.4 is 5.32 Å². The molecule has 0 bridgehead atoms. The summed E-state index contributed by atoms with van der Waals surface area (Å²) >= 11 is 1.42. The Balaban J connectivity index is 1.40. The maximum absolute atomic E-state index is 12.9. The number of tetrazole rings is 1. The van der Waals surface area contributed by atoms with E-state index in [-0.39, 0.29) is 29.9 Å². The van der Waals surface area contributed by atoms with Crippen LogP contribution in [0.2, 0.25) is 0 Å². The summed E-state index contributed by atoms with van der Waals surface area (Å²) in [5.41, 5.74) is 1.37. The Morgan fingerprint density at radius 3 is 2.66 bits per heavy atom. The summed E-state index contributed by atoms with van der Waals surface area (Å²) in [6.07, 6.45) is 4.29.